The van der Waals surface area contributed by atoms with Crippen LogP contribution >= 0.6 is 38.6 Å². The molecule has 0 aliphatic rings. The van der Waals surface area contributed by atoms with Gasteiger partial charge in [-0.1, -0.05) is 0 Å². The molecule has 0 saturated heterocycles. The average Bonchev–Trinajstić information content (AvgIpc) is 2.72. The summed E-state index contributed by atoms with van der Waals surface area (Å²) in [6, 6.07) is 4.34. The lowest BCUT2D eigenvalue weighted by atomic mass is 10.2. The van der Waals surface area contributed by atoms with E-state index < -0.39 is 0 Å². The minimum absolute atomic E-state index is 0.202. The first-order valence-electron chi connectivity index (χ1n) is 4.61. The molecule has 0 bridgehead atoms. The normalized spacial score (nSPS) is 13.0. The minimum Gasteiger partial charge on any atom is -0.328 e. The molecule has 0 aromatic carbocycles. The molecule has 0 aliphatic heterocycles. The molecule has 2 aromatic heterocycles. The van der Waals surface area contributed by atoms with Crippen molar-refractivity contribution in [1.29, 1.82) is 0 Å². The second-order valence-corrected chi connectivity index (χ2v) is 7.00. The predicted octanol–water partition coefficient (Wildman–Crippen LogP) is 3.52. The first-order chi connectivity index (χ1) is 7.15. The maximum Gasteiger partial charge on any atom is 0.133 e. The van der Waals surface area contributed by atoms with Crippen molar-refractivity contribution in [2.24, 2.45) is 5.73 Å². The topological polar surface area (TPSA) is 38.9 Å². The third-order valence-electron chi connectivity index (χ3n) is 1.86. The van der Waals surface area contributed by atoms with E-state index in [9.17, 15) is 0 Å². The van der Waals surface area contributed by atoms with Gasteiger partial charge in [-0.2, -0.15) is 0 Å². The molecule has 5 heteroatoms. The van der Waals surface area contributed by atoms with E-state index in [1.807, 2.05) is 19.2 Å². The fourth-order valence-electron chi connectivity index (χ4n) is 1.26. The van der Waals surface area contributed by atoms with Gasteiger partial charge in [0.05, 0.1) is 8.66 Å². The van der Waals surface area contributed by atoms with Gasteiger partial charge in [0, 0.05) is 17.1 Å². The number of halogens is 1. The maximum absolute atomic E-state index is 5.75. The average molecular weight is 303 g/mol. The van der Waals surface area contributed by atoms with Crippen LogP contribution in [-0.4, -0.2) is 11.0 Å². The van der Waals surface area contributed by atoms with Crippen molar-refractivity contribution in [2.75, 3.05) is 0 Å². The van der Waals surface area contributed by atoms with Crippen LogP contribution in [0.25, 0.3) is 9.88 Å². The van der Waals surface area contributed by atoms with Crippen LogP contribution in [-0.2, 0) is 6.42 Å². The van der Waals surface area contributed by atoms with Crippen molar-refractivity contribution in [2.45, 2.75) is 19.4 Å². The van der Waals surface area contributed by atoms with Crippen molar-refractivity contribution < 1.29 is 0 Å². The molecule has 0 saturated carbocycles. The van der Waals surface area contributed by atoms with E-state index in [-0.39, 0.29) is 6.04 Å². The van der Waals surface area contributed by atoms with Crippen molar-refractivity contribution in [1.82, 2.24) is 4.98 Å². The highest BCUT2D eigenvalue weighted by Gasteiger charge is 2.08. The van der Waals surface area contributed by atoms with E-state index in [0.717, 1.165) is 15.2 Å². The van der Waals surface area contributed by atoms with Gasteiger partial charge in [-0.05, 0) is 41.4 Å². The summed E-state index contributed by atoms with van der Waals surface area (Å²) in [5, 5.41) is 1.08. The van der Waals surface area contributed by atoms with E-state index >= 15 is 0 Å². The quantitative estimate of drug-likeness (QED) is 0.942. The van der Waals surface area contributed by atoms with Crippen LogP contribution in [0, 0.1) is 0 Å². The number of thiophene rings is 1. The smallest absolute Gasteiger partial charge is 0.133 e. The molecule has 2 rings (SSSR count). The largest absolute Gasteiger partial charge is 0.328 e. The van der Waals surface area contributed by atoms with E-state index in [1.54, 1.807) is 22.7 Å². The third-order valence-corrected chi connectivity index (χ3v) is 4.67. The summed E-state index contributed by atoms with van der Waals surface area (Å²) < 4.78 is 1.14. The third kappa shape index (κ3) is 2.87. The van der Waals surface area contributed by atoms with Gasteiger partial charge in [0.1, 0.15) is 5.01 Å². The lowest BCUT2D eigenvalue weighted by Crippen LogP contribution is -2.16. The summed E-state index contributed by atoms with van der Waals surface area (Å²) in [5.41, 5.74) is 5.75. The van der Waals surface area contributed by atoms with E-state index in [1.165, 1.54) is 9.75 Å². The van der Waals surface area contributed by atoms with Gasteiger partial charge in [0.15, 0.2) is 0 Å². The molecule has 0 aliphatic carbocycles. The molecule has 0 fully saturated rings. The first-order valence-corrected chi connectivity index (χ1v) is 7.04. The number of nitrogens with zero attached hydrogens (tertiary/aromatic N) is 1. The Bertz CT molecular complexity index is 448. The van der Waals surface area contributed by atoms with Crippen LogP contribution < -0.4 is 5.73 Å². The van der Waals surface area contributed by atoms with Crippen LogP contribution in [0.2, 0.25) is 0 Å². The summed E-state index contributed by atoms with van der Waals surface area (Å²) in [7, 11) is 0. The SMILES string of the molecule is CC(N)Cc1cnc(-c2ccc(Br)s2)s1. The van der Waals surface area contributed by atoms with Crippen molar-refractivity contribution in [3.63, 3.8) is 0 Å². The van der Waals surface area contributed by atoms with Gasteiger partial charge < -0.3 is 5.73 Å². The zero-order valence-corrected chi connectivity index (χ0v) is 11.5. The Kier molecular flexibility index (Phi) is 3.56. The number of hydrogen-bond acceptors (Lipinski definition) is 4. The molecular weight excluding hydrogens is 292 g/mol. The molecule has 2 aromatic rings. The van der Waals surface area contributed by atoms with Gasteiger partial charge in [0.2, 0.25) is 0 Å². The summed E-state index contributed by atoms with van der Waals surface area (Å²) in [6.45, 7) is 2.02. The zero-order chi connectivity index (χ0) is 10.8. The minimum atomic E-state index is 0.202. The molecular formula is C10H11BrN2S2. The van der Waals surface area contributed by atoms with E-state index in [2.05, 4.69) is 27.0 Å². The van der Waals surface area contributed by atoms with Gasteiger partial charge in [-0.15, -0.1) is 22.7 Å². The number of aromatic nitrogens is 1. The van der Waals surface area contributed by atoms with Crippen LogP contribution in [0.4, 0.5) is 0 Å². The van der Waals surface area contributed by atoms with Gasteiger partial charge in [-0.3, -0.25) is 0 Å². The van der Waals surface area contributed by atoms with Crippen LogP contribution in [0.15, 0.2) is 22.1 Å². The molecule has 15 heavy (non-hydrogen) atoms. The standard InChI is InChI=1S/C10H11BrN2S2/c1-6(12)4-7-5-13-10(14-7)8-2-3-9(11)15-8/h2-3,5-6H,4,12H2,1H3. The molecule has 2 N–H and O–H groups in total. The summed E-state index contributed by atoms with van der Waals surface area (Å²) in [4.78, 5) is 6.87. The van der Waals surface area contributed by atoms with Crippen molar-refractivity contribution in [3.8, 4) is 9.88 Å². The highest BCUT2D eigenvalue weighted by Crippen LogP contribution is 2.33. The Balaban J connectivity index is 2.20. The number of nitrogens with two attached hydrogens (primary N) is 1. The molecule has 2 heterocycles. The van der Waals surface area contributed by atoms with E-state index in [0.29, 0.717) is 0 Å². The molecule has 1 atom stereocenters. The monoisotopic (exact) mass is 302 g/mol. The van der Waals surface area contributed by atoms with Crippen molar-refractivity contribution in [3.05, 3.63) is 27.0 Å². The fraction of sp³-hybridized carbons (Fsp3) is 0.300. The van der Waals surface area contributed by atoms with Crippen LogP contribution in [0.3, 0.4) is 0 Å². The van der Waals surface area contributed by atoms with Crippen LogP contribution in [0.5, 0.6) is 0 Å². The number of thiazole rings is 1. The molecule has 1 unspecified atom stereocenters. The lowest BCUT2D eigenvalue weighted by Gasteiger charge is -1.98. The molecule has 2 nitrogen and oxygen atoms in total. The second kappa shape index (κ2) is 4.74. The number of rotatable bonds is 3. The molecule has 0 spiro atoms. The van der Waals surface area contributed by atoms with Crippen LogP contribution in [0.1, 0.15) is 11.8 Å². The summed E-state index contributed by atoms with van der Waals surface area (Å²) in [5.74, 6) is 0. The van der Waals surface area contributed by atoms with Gasteiger partial charge in [0.25, 0.3) is 0 Å². The predicted molar refractivity (Wildman–Crippen MR) is 70.5 cm³/mol. The van der Waals surface area contributed by atoms with E-state index in [4.69, 9.17) is 5.73 Å². The first kappa shape index (κ1) is 11.3. The van der Waals surface area contributed by atoms with Crippen molar-refractivity contribution >= 4 is 38.6 Å². The Morgan fingerprint density at radius 2 is 2.27 bits per heavy atom. The molecule has 80 valence electrons. The van der Waals surface area contributed by atoms with Gasteiger partial charge >= 0.3 is 0 Å². The fourth-order valence-corrected chi connectivity index (χ4v) is 3.76. The Morgan fingerprint density at radius 1 is 1.47 bits per heavy atom. The highest BCUT2D eigenvalue weighted by atomic mass is 79.9. The second-order valence-electron chi connectivity index (χ2n) is 3.42. The Hall–Kier alpha value is -0.230. The summed E-state index contributed by atoms with van der Waals surface area (Å²) >= 11 is 6.88. The zero-order valence-electron chi connectivity index (χ0n) is 8.24. The molecule has 0 amide bonds. The Morgan fingerprint density at radius 3 is 2.87 bits per heavy atom. The number of hydrogen-bond donors (Lipinski definition) is 1. The Labute approximate surface area is 105 Å². The highest BCUT2D eigenvalue weighted by molar-refractivity contribution is 9.11. The lowest BCUT2D eigenvalue weighted by molar-refractivity contribution is 0.745. The molecule has 0 radical (unpaired) electrons. The summed E-state index contributed by atoms with van der Waals surface area (Å²) in [6.07, 6.45) is 2.83. The van der Waals surface area contributed by atoms with Gasteiger partial charge in [-0.25, -0.2) is 4.98 Å². The maximum atomic E-state index is 5.75.